The number of aromatic nitrogens is 3. The first-order valence-corrected chi connectivity index (χ1v) is 6.08. The van der Waals surface area contributed by atoms with E-state index in [0.29, 0.717) is 11.7 Å². The zero-order valence-corrected chi connectivity index (χ0v) is 10.6. The van der Waals surface area contributed by atoms with Crippen molar-refractivity contribution < 1.29 is 4.39 Å². The molecule has 1 atom stereocenters. The van der Waals surface area contributed by atoms with Crippen LogP contribution in [-0.2, 0) is 6.54 Å². The Kier molecular flexibility index (Phi) is 4.04. The first kappa shape index (κ1) is 12.7. The minimum Gasteiger partial charge on any atom is -0.313 e. The summed E-state index contributed by atoms with van der Waals surface area (Å²) in [5.74, 6) is -0.334. The molecule has 0 aliphatic heterocycles. The van der Waals surface area contributed by atoms with Crippen LogP contribution in [0.25, 0.3) is 11.4 Å². The summed E-state index contributed by atoms with van der Waals surface area (Å²) >= 11 is 0. The van der Waals surface area contributed by atoms with Gasteiger partial charge in [-0.25, -0.2) is 4.39 Å². The topological polar surface area (TPSA) is 42.7 Å². The van der Waals surface area contributed by atoms with E-state index < -0.39 is 0 Å². The molecule has 0 aliphatic carbocycles. The fourth-order valence-corrected chi connectivity index (χ4v) is 1.82. The van der Waals surface area contributed by atoms with Crippen LogP contribution < -0.4 is 5.32 Å². The summed E-state index contributed by atoms with van der Waals surface area (Å²) in [7, 11) is 0. The molecule has 0 radical (unpaired) electrons. The molecule has 4 nitrogen and oxygen atoms in total. The Hall–Kier alpha value is -1.75. The van der Waals surface area contributed by atoms with Gasteiger partial charge in [0, 0.05) is 12.2 Å². The highest BCUT2D eigenvalue weighted by Gasteiger charge is 2.06. The van der Waals surface area contributed by atoms with Crippen molar-refractivity contribution in [3.63, 3.8) is 0 Å². The van der Waals surface area contributed by atoms with Crippen LogP contribution in [0.2, 0.25) is 0 Å². The zero-order chi connectivity index (χ0) is 13.0. The Morgan fingerprint density at radius 2 is 2.17 bits per heavy atom. The number of hydrogen-bond acceptors (Lipinski definition) is 3. The predicted octanol–water partition coefficient (Wildman–Crippen LogP) is 2.08. The maximum Gasteiger partial charge on any atom is 0.141 e. The van der Waals surface area contributed by atoms with Crippen molar-refractivity contribution in [3.8, 4) is 11.4 Å². The van der Waals surface area contributed by atoms with Crippen LogP contribution in [0.3, 0.4) is 0 Å². The molecule has 0 saturated carbocycles. The second kappa shape index (κ2) is 5.73. The van der Waals surface area contributed by atoms with E-state index in [2.05, 4.69) is 29.2 Å². The van der Waals surface area contributed by atoms with E-state index in [9.17, 15) is 4.39 Å². The molecule has 0 saturated heterocycles. The van der Waals surface area contributed by atoms with Gasteiger partial charge in [-0.15, -0.1) is 0 Å². The molecule has 2 heterocycles. The summed E-state index contributed by atoms with van der Waals surface area (Å²) in [5.41, 5.74) is 1.45. The van der Waals surface area contributed by atoms with Gasteiger partial charge in [-0.3, -0.25) is 9.67 Å². The van der Waals surface area contributed by atoms with Gasteiger partial charge in [0.1, 0.15) is 11.5 Å². The van der Waals surface area contributed by atoms with Gasteiger partial charge in [0.25, 0.3) is 0 Å². The highest BCUT2D eigenvalue weighted by atomic mass is 19.1. The lowest BCUT2D eigenvalue weighted by Gasteiger charge is -2.11. The Bertz CT molecular complexity index is 492. The van der Waals surface area contributed by atoms with Crippen molar-refractivity contribution in [3.05, 3.63) is 36.4 Å². The quantitative estimate of drug-likeness (QED) is 0.881. The third-order valence-electron chi connectivity index (χ3n) is 2.64. The van der Waals surface area contributed by atoms with Crippen LogP contribution in [0.15, 0.2) is 30.6 Å². The van der Waals surface area contributed by atoms with Gasteiger partial charge in [-0.2, -0.15) is 5.10 Å². The van der Waals surface area contributed by atoms with Crippen LogP contribution in [0.1, 0.15) is 13.8 Å². The fraction of sp³-hybridized carbons (Fsp3) is 0.385. The van der Waals surface area contributed by atoms with Gasteiger partial charge in [0.15, 0.2) is 0 Å². The van der Waals surface area contributed by atoms with E-state index in [4.69, 9.17) is 0 Å². The second-order valence-corrected chi connectivity index (χ2v) is 4.24. The van der Waals surface area contributed by atoms with Gasteiger partial charge in [-0.1, -0.05) is 6.92 Å². The number of hydrogen-bond donors (Lipinski definition) is 1. The molecule has 0 aromatic carbocycles. The lowest BCUT2D eigenvalue weighted by molar-refractivity contribution is 0.462. The molecule has 2 aromatic rings. The fourth-order valence-electron chi connectivity index (χ4n) is 1.82. The van der Waals surface area contributed by atoms with Crippen molar-refractivity contribution in [1.82, 2.24) is 20.1 Å². The Morgan fingerprint density at radius 3 is 2.83 bits per heavy atom. The minimum atomic E-state index is -0.334. The van der Waals surface area contributed by atoms with Gasteiger partial charge in [0.05, 0.1) is 18.4 Å². The molecule has 0 amide bonds. The molecule has 1 N–H and O–H groups in total. The van der Waals surface area contributed by atoms with Gasteiger partial charge in [-0.05, 0) is 31.7 Å². The third-order valence-corrected chi connectivity index (χ3v) is 2.64. The first-order chi connectivity index (χ1) is 8.69. The average molecular weight is 248 g/mol. The monoisotopic (exact) mass is 248 g/mol. The second-order valence-electron chi connectivity index (χ2n) is 4.24. The number of nitrogens with zero attached hydrogens (tertiary/aromatic N) is 3. The molecule has 18 heavy (non-hydrogen) atoms. The van der Waals surface area contributed by atoms with Crippen molar-refractivity contribution in [1.29, 1.82) is 0 Å². The van der Waals surface area contributed by atoms with E-state index in [1.807, 2.05) is 16.9 Å². The largest absolute Gasteiger partial charge is 0.313 e. The molecule has 5 heteroatoms. The standard InChI is InChI=1S/C13H17FN4/c1-3-15-10(2)9-18-7-6-13(17-18)12-5-4-11(14)8-16-12/h4-8,10,15H,3,9H2,1-2H3/t10-/m1/s1. The Labute approximate surface area is 106 Å². The van der Waals surface area contributed by atoms with Crippen LogP contribution in [0.4, 0.5) is 4.39 Å². The summed E-state index contributed by atoms with van der Waals surface area (Å²) in [6.45, 7) is 5.93. The lowest BCUT2D eigenvalue weighted by Crippen LogP contribution is -2.30. The van der Waals surface area contributed by atoms with Crippen molar-refractivity contribution in [2.24, 2.45) is 0 Å². The van der Waals surface area contributed by atoms with Gasteiger partial charge in [0.2, 0.25) is 0 Å². The molecule has 0 aliphatic rings. The molecule has 2 aromatic heterocycles. The van der Waals surface area contributed by atoms with Crippen molar-refractivity contribution in [2.45, 2.75) is 26.4 Å². The Morgan fingerprint density at radius 1 is 1.33 bits per heavy atom. The van der Waals surface area contributed by atoms with Crippen LogP contribution in [0, 0.1) is 5.82 Å². The highest BCUT2D eigenvalue weighted by molar-refractivity contribution is 5.52. The van der Waals surface area contributed by atoms with Crippen LogP contribution >= 0.6 is 0 Å². The molecular formula is C13H17FN4. The smallest absolute Gasteiger partial charge is 0.141 e. The maximum absolute atomic E-state index is 12.8. The first-order valence-electron chi connectivity index (χ1n) is 6.08. The molecule has 0 fully saturated rings. The normalized spacial score (nSPS) is 12.6. The van der Waals surface area contributed by atoms with Crippen molar-refractivity contribution in [2.75, 3.05) is 6.54 Å². The SMILES string of the molecule is CCN[C@H](C)Cn1ccc(-c2ccc(F)cn2)n1. The zero-order valence-electron chi connectivity index (χ0n) is 10.6. The van der Waals surface area contributed by atoms with E-state index in [1.54, 1.807) is 6.07 Å². The summed E-state index contributed by atoms with van der Waals surface area (Å²) in [6, 6.07) is 5.28. The maximum atomic E-state index is 12.8. The number of likely N-dealkylation sites (N-methyl/N-ethyl adjacent to an activating group) is 1. The van der Waals surface area contributed by atoms with E-state index in [-0.39, 0.29) is 5.82 Å². The number of nitrogens with one attached hydrogen (secondary N) is 1. The molecule has 96 valence electrons. The van der Waals surface area contributed by atoms with Crippen molar-refractivity contribution >= 4 is 0 Å². The number of rotatable bonds is 5. The summed E-state index contributed by atoms with van der Waals surface area (Å²) in [6.07, 6.45) is 3.11. The third kappa shape index (κ3) is 3.13. The van der Waals surface area contributed by atoms with Crippen LogP contribution in [0.5, 0.6) is 0 Å². The molecule has 2 rings (SSSR count). The highest BCUT2D eigenvalue weighted by Crippen LogP contribution is 2.14. The van der Waals surface area contributed by atoms with E-state index >= 15 is 0 Å². The average Bonchev–Trinajstić information content (AvgIpc) is 2.78. The molecule has 0 unspecified atom stereocenters. The lowest BCUT2D eigenvalue weighted by atomic mass is 10.3. The Balaban J connectivity index is 2.08. The molecule has 0 bridgehead atoms. The van der Waals surface area contributed by atoms with Gasteiger partial charge >= 0.3 is 0 Å². The van der Waals surface area contributed by atoms with Crippen LogP contribution in [-0.4, -0.2) is 27.4 Å². The minimum absolute atomic E-state index is 0.334. The molecule has 0 spiro atoms. The molecular weight excluding hydrogens is 231 g/mol. The summed E-state index contributed by atoms with van der Waals surface area (Å²) in [4.78, 5) is 4.01. The predicted molar refractivity (Wildman–Crippen MR) is 68.6 cm³/mol. The number of halogens is 1. The number of pyridine rings is 1. The van der Waals surface area contributed by atoms with Gasteiger partial charge < -0.3 is 5.32 Å². The van der Waals surface area contributed by atoms with E-state index in [1.165, 1.54) is 12.3 Å². The van der Waals surface area contributed by atoms with E-state index in [0.717, 1.165) is 18.8 Å². The summed E-state index contributed by atoms with van der Waals surface area (Å²) < 4.78 is 14.6. The summed E-state index contributed by atoms with van der Waals surface area (Å²) in [5, 5.41) is 7.75.